The number of nitriles is 1. The van der Waals surface area contributed by atoms with Gasteiger partial charge in [-0.1, -0.05) is 31.0 Å². The second kappa shape index (κ2) is 11.0. The van der Waals surface area contributed by atoms with Crippen molar-refractivity contribution in [1.82, 2.24) is 0 Å². The van der Waals surface area contributed by atoms with Gasteiger partial charge in [0.15, 0.2) is 11.5 Å². The van der Waals surface area contributed by atoms with Gasteiger partial charge in [-0.05, 0) is 61.4 Å². The minimum absolute atomic E-state index is 0.0166. The van der Waals surface area contributed by atoms with Crippen molar-refractivity contribution in [3.8, 4) is 17.6 Å². The molecule has 6 heteroatoms. The van der Waals surface area contributed by atoms with Crippen molar-refractivity contribution in [2.75, 3.05) is 18.5 Å². The number of anilines is 1. The number of nitrogens with zero attached hydrogens (tertiary/aromatic N) is 1. The number of carbonyl (C=O) groups is 1. The Labute approximate surface area is 170 Å². The molecule has 2 aromatic rings. The van der Waals surface area contributed by atoms with Crippen LogP contribution in [0.3, 0.4) is 0 Å². The molecule has 0 saturated heterocycles. The standard InChI is InChI=1S/C22H23ClN2O3/c1-3-5-12-28-20-11-6-16(14-21(20)27-4-2)13-17(15-24)22(26)25-19-9-7-18(23)8-10-19/h6-11,13-14H,3-5,12H2,1-2H3,(H,25,26)/b17-13+. The van der Waals surface area contributed by atoms with Crippen LogP contribution in [-0.2, 0) is 4.79 Å². The normalized spacial score (nSPS) is 10.9. The van der Waals surface area contributed by atoms with Gasteiger partial charge in [0, 0.05) is 10.7 Å². The van der Waals surface area contributed by atoms with Gasteiger partial charge in [-0.25, -0.2) is 0 Å². The Morgan fingerprint density at radius 1 is 1.14 bits per heavy atom. The van der Waals surface area contributed by atoms with Crippen molar-refractivity contribution in [2.24, 2.45) is 0 Å². The molecule has 0 atom stereocenters. The third-order valence-electron chi connectivity index (χ3n) is 3.80. The van der Waals surface area contributed by atoms with Crippen LogP contribution in [0.25, 0.3) is 6.08 Å². The van der Waals surface area contributed by atoms with E-state index in [2.05, 4.69) is 12.2 Å². The first kappa shape index (κ1) is 21.3. The lowest BCUT2D eigenvalue weighted by Gasteiger charge is -2.12. The van der Waals surface area contributed by atoms with E-state index in [0.29, 0.717) is 41.0 Å². The summed E-state index contributed by atoms with van der Waals surface area (Å²) in [5.74, 6) is 0.741. The molecular formula is C22H23ClN2O3. The summed E-state index contributed by atoms with van der Waals surface area (Å²) >= 11 is 5.84. The molecule has 0 aliphatic carbocycles. The molecule has 0 radical (unpaired) electrons. The van der Waals surface area contributed by atoms with Crippen molar-refractivity contribution in [3.05, 3.63) is 58.6 Å². The topological polar surface area (TPSA) is 71.3 Å². The SMILES string of the molecule is CCCCOc1ccc(/C=C(\C#N)C(=O)Nc2ccc(Cl)cc2)cc1OCC. The van der Waals surface area contributed by atoms with Gasteiger partial charge in [-0.15, -0.1) is 0 Å². The van der Waals surface area contributed by atoms with E-state index in [1.165, 1.54) is 6.08 Å². The van der Waals surface area contributed by atoms with E-state index in [0.717, 1.165) is 12.8 Å². The molecule has 146 valence electrons. The lowest BCUT2D eigenvalue weighted by molar-refractivity contribution is -0.112. The van der Waals surface area contributed by atoms with Crippen molar-refractivity contribution in [2.45, 2.75) is 26.7 Å². The Morgan fingerprint density at radius 3 is 2.54 bits per heavy atom. The molecule has 0 saturated carbocycles. The van der Waals surface area contributed by atoms with Gasteiger partial charge in [-0.3, -0.25) is 4.79 Å². The highest BCUT2D eigenvalue weighted by Crippen LogP contribution is 2.29. The first-order chi connectivity index (χ1) is 13.6. The maximum absolute atomic E-state index is 12.4. The molecule has 0 heterocycles. The molecule has 0 aliphatic heterocycles. The summed E-state index contributed by atoms with van der Waals surface area (Å²) in [6.07, 6.45) is 3.51. The molecule has 0 fully saturated rings. The first-order valence-corrected chi connectivity index (χ1v) is 9.53. The molecule has 0 aliphatic rings. The fraction of sp³-hybridized carbons (Fsp3) is 0.273. The second-order valence-electron chi connectivity index (χ2n) is 5.97. The van der Waals surface area contributed by atoms with E-state index in [9.17, 15) is 10.1 Å². The molecule has 2 rings (SSSR count). The lowest BCUT2D eigenvalue weighted by Crippen LogP contribution is -2.13. The molecule has 5 nitrogen and oxygen atoms in total. The van der Waals surface area contributed by atoms with E-state index in [-0.39, 0.29) is 5.57 Å². The highest BCUT2D eigenvalue weighted by atomic mass is 35.5. The van der Waals surface area contributed by atoms with Gasteiger partial charge in [0.1, 0.15) is 11.6 Å². The number of carbonyl (C=O) groups excluding carboxylic acids is 1. The number of unbranched alkanes of at least 4 members (excludes halogenated alkanes) is 1. The van der Waals surface area contributed by atoms with E-state index in [4.69, 9.17) is 21.1 Å². The zero-order chi connectivity index (χ0) is 20.4. The third kappa shape index (κ3) is 6.33. The van der Waals surface area contributed by atoms with Crippen LogP contribution >= 0.6 is 11.6 Å². The van der Waals surface area contributed by atoms with Crippen molar-refractivity contribution in [1.29, 1.82) is 5.26 Å². The number of halogens is 1. The molecule has 1 amide bonds. The van der Waals surface area contributed by atoms with Gasteiger partial charge >= 0.3 is 0 Å². The summed E-state index contributed by atoms with van der Waals surface area (Å²) in [4.78, 5) is 12.4. The fourth-order valence-corrected chi connectivity index (χ4v) is 2.50. The number of hydrogen-bond acceptors (Lipinski definition) is 4. The van der Waals surface area contributed by atoms with Crippen LogP contribution in [0.4, 0.5) is 5.69 Å². The minimum Gasteiger partial charge on any atom is -0.490 e. The molecule has 28 heavy (non-hydrogen) atoms. The molecule has 0 bridgehead atoms. The average Bonchev–Trinajstić information content (AvgIpc) is 2.69. The van der Waals surface area contributed by atoms with Crippen LogP contribution in [0.5, 0.6) is 11.5 Å². The summed E-state index contributed by atoms with van der Waals surface area (Å²) in [5, 5.41) is 12.6. The van der Waals surface area contributed by atoms with Crippen molar-refractivity contribution in [3.63, 3.8) is 0 Å². The highest BCUT2D eigenvalue weighted by molar-refractivity contribution is 6.30. The number of amides is 1. The monoisotopic (exact) mass is 398 g/mol. The van der Waals surface area contributed by atoms with Crippen molar-refractivity contribution >= 4 is 29.3 Å². The Hall–Kier alpha value is -2.97. The minimum atomic E-state index is -0.494. The lowest BCUT2D eigenvalue weighted by atomic mass is 10.1. The smallest absolute Gasteiger partial charge is 0.266 e. The second-order valence-corrected chi connectivity index (χ2v) is 6.41. The van der Waals surface area contributed by atoms with Gasteiger partial charge in [0.05, 0.1) is 13.2 Å². The summed E-state index contributed by atoms with van der Waals surface area (Å²) in [6, 6.07) is 14.0. The van der Waals surface area contributed by atoms with Gasteiger partial charge < -0.3 is 14.8 Å². The Morgan fingerprint density at radius 2 is 1.89 bits per heavy atom. The molecule has 0 aromatic heterocycles. The van der Waals surface area contributed by atoms with Crippen LogP contribution in [-0.4, -0.2) is 19.1 Å². The number of hydrogen-bond donors (Lipinski definition) is 1. The molecule has 0 unspecified atom stereocenters. The van der Waals surface area contributed by atoms with Crippen LogP contribution in [0, 0.1) is 11.3 Å². The van der Waals surface area contributed by atoms with Crippen LogP contribution < -0.4 is 14.8 Å². The summed E-state index contributed by atoms with van der Waals surface area (Å²) < 4.78 is 11.4. The van der Waals surface area contributed by atoms with Gasteiger partial charge in [0.25, 0.3) is 5.91 Å². The van der Waals surface area contributed by atoms with Crippen LogP contribution in [0.15, 0.2) is 48.0 Å². The van der Waals surface area contributed by atoms with Crippen LogP contribution in [0.1, 0.15) is 32.3 Å². The molecule has 0 spiro atoms. The number of nitrogens with one attached hydrogen (secondary N) is 1. The zero-order valence-corrected chi connectivity index (χ0v) is 16.8. The maximum atomic E-state index is 12.4. The number of rotatable bonds is 9. The summed E-state index contributed by atoms with van der Waals surface area (Å²) in [6.45, 7) is 5.08. The van der Waals surface area contributed by atoms with E-state index in [1.807, 2.05) is 13.0 Å². The Kier molecular flexibility index (Phi) is 8.38. The first-order valence-electron chi connectivity index (χ1n) is 9.15. The molecular weight excluding hydrogens is 376 g/mol. The maximum Gasteiger partial charge on any atom is 0.266 e. The largest absolute Gasteiger partial charge is 0.490 e. The fourth-order valence-electron chi connectivity index (χ4n) is 2.38. The highest BCUT2D eigenvalue weighted by Gasteiger charge is 2.11. The third-order valence-corrected chi connectivity index (χ3v) is 4.05. The van der Waals surface area contributed by atoms with E-state index in [1.54, 1.807) is 42.5 Å². The predicted molar refractivity (Wildman–Crippen MR) is 112 cm³/mol. The van der Waals surface area contributed by atoms with Gasteiger partial charge in [0.2, 0.25) is 0 Å². The number of benzene rings is 2. The average molecular weight is 399 g/mol. The molecule has 2 aromatic carbocycles. The zero-order valence-electron chi connectivity index (χ0n) is 16.0. The summed E-state index contributed by atoms with van der Waals surface area (Å²) in [7, 11) is 0. The van der Waals surface area contributed by atoms with Gasteiger partial charge in [-0.2, -0.15) is 5.26 Å². The van der Waals surface area contributed by atoms with E-state index < -0.39 is 5.91 Å². The number of ether oxygens (including phenoxy) is 2. The summed E-state index contributed by atoms with van der Waals surface area (Å²) in [5.41, 5.74) is 1.22. The molecule has 1 N–H and O–H groups in total. The van der Waals surface area contributed by atoms with Crippen LogP contribution in [0.2, 0.25) is 5.02 Å². The predicted octanol–water partition coefficient (Wildman–Crippen LogP) is 5.46. The Balaban J connectivity index is 2.19. The quantitative estimate of drug-likeness (QED) is 0.345. The van der Waals surface area contributed by atoms with Crippen molar-refractivity contribution < 1.29 is 14.3 Å². The Bertz CT molecular complexity index is 870. The van der Waals surface area contributed by atoms with E-state index >= 15 is 0 Å².